The molecule has 2 heterocycles. The van der Waals surface area contributed by atoms with Crippen LogP contribution in [-0.2, 0) is 0 Å². The van der Waals surface area contributed by atoms with Crippen molar-refractivity contribution in [3.63, 3.8) is 0 Å². The number of aromatic nitrogens is 3. The fourth-order valence-electron chi connectivity index (χ4n) is 3.51. The molecule has 3 aromatic carbocycles. The zero-order valence-electron chi connectivity index (χ0n) is 17.1. The predicted octanol–water partition coefficient (Wildman–Crippen LogP) is 6.91. The van der Waals surface area contributed by atoms with E-state index in [0.29, 0.717) is 21.7 Å². The number of hydrogen-bond donors (Lipinski definition) is 1. The van der Waals surface area contributed by atoms with E-state index in [1.807, 2.05) is 67.6 Å². The number of fused-ring (bicyclic) bond motifs is 2. The van der Waals surface area contributed by atoms with Crippen LogP contribution in [0.2, 0.25) is 10.2 Å². The Morgan fingerprint density at radius 3 is 2.50 bits per heavy atom. The van der Waals surface area contributed by atoms with Gasteiger partial charge in [-0.3, -0.25) is 0 Å². The maximum atomic E-state index is 6.35. The van der Waals surface area contributed by atoms with Gasteiger partial charge in [0.15, 0.2) is 0 Å². The predicted molar refractivity (Wildman–Crippen MR) is 133 cm³/mol. The van der Waals surface area contributed by atoms with Crippen LogP contribution in [0.3, 0.4) is 0 Å². The SMILES string of the molecule is Cc1ccc2nc(Cl)c(/C=N/Nc3nc(-c4ccccc4)c4cc(Cl)ccc4n3)cc2c1. The number of pyridine rings is 1. The molecule has 0 bridgehead atoms. The number of hydrogen-bond acceptors (Lipinski definition) is 5. The van der Waals surface area contributed by atoms with Crippen LogP contribution in [0, 0.1) is 6.92 Å². The molecule has 2 aromatic heterocycles. The number of aryl methyl sites for hydroxylation is 1. The lowest BCUT2D eigenvalue weighted by atomic mass is 10.1. The van der Waals surface area contributed by atoms with Crippen molar-refractivity contribution in [2.75, 3.05) is 5.43 Å². The second-order valence-electron chi connectivity index (χ2n) is 7.36. The third kappa shape index (κ3) is 4.13. The highest BCUT2D eigenvalue weighted by molar-refractivity contribution is 6.32. The van der Waals surface area contributed by atoms with Crippen LogP contribution < -0.4 is 5.43 Å². The van der Waals surface area contributed by atoms with Crippen molar-refractivity contribution < 1.29 is 0 Å². The van der Waals surface area contributed by atoms with Crippen LogP contribution in [0.1, 0.15) is 11.1 Å². The van der Waals surface area contributed by atoms with Gasteiger partial charge in [0.25, 0.3) is 0 Å². The molecule has 5 rings (SSSR count). The summed E-state index contributed by atoms with van der Waals surface area (Å²) in [4.78, 5) is 13.7. The standard InChI is InChI=1S/C25H17Cl2N5/c1-15-7-9-21-17(11-15)12-18(24(27)29-21)14-28-32-25-30-22-10-8-19(26)13-20(22)23(31-25)16-5-3-2-4-6-16/h2-14H,1H3,(H,30,31,32)/b28-14+. The highest BCUT2D eigenvalue weighted by Gasteiger charge is 2.10. The van der Waals surface area contributed by atoms with Gasteiger partial charge in [0.05, 0.1) is 22.9 Å². The van der Waals surface area contributed by atoms with Crippen molar-refractivity contribution >= 4 is 57.2 Å². The molecule has 0 radical (unpaired) electrons. The van der Waals surface area contributed by atoms with E-state index >= 15 is 0 Å². The minimum Gasteiger partial charge on any atom is -0.245 e. The van der Waals surface area contributed by atoms with E-state index in [4.69, 9.17) is 23.2 Å². The van der Waals surface area contributed by atoms with Gasteiger partial charge in [-0.05, 0) is 43.3 Å². The Morgan fingerprint density at radius 2 is 1.66 bits per heavy atom. The van der Waals surface area contributed by atoms with E-state index in [9.17, 15) is 0 Å². The number of nitrogens with zero attached hydrogens (tertiary/aromatic N) is 4. The maximum absolute atomic E-state index is 6.35. The van der Waals surface area contributed by atoms with Crippen LogP contribution in [0.15, 0.2) is 77.9 Å². The Bertz CT molecular complexity index is 1480. The lowest BCUT2D eigenvalue weighted by Gasteiger charge is -2.09. The molecule has 0 aliphatic carbocycles. The highest BCUT2D eigenvalue weighted by atomic mass is 35.5. The van der Waals surface area contributed by atoms with Gasteiger partial charge in [0, 0.05) is 26.9 Å². The fourth-order valence-corrected chi connectivity index (χ4v) is 3.87. The zero-order valence-corrected chi connectivity index (χ0v) is 18.6. The molecule has 0 aliphatic heterocycles. The molecular weight excluding hydrogens is 441 g/mol. The van der Waals surface area contributed by atoms with E-state index in [2.05, 4.69) is 31.5 Å². The third-order valence-electron chi connectivity index (χ3n) is 5.02. The Morgan fingerprint density at radius 1 is 0.844 bits per heavy atom. The monoisotopic (exact) mass is 457 g/mol. The maximum Gasteiger partial charge on any atom is 0.244 e. The normalized spacial score (nSPS) is 11.5. The first kappa shape index (κ1) is 20.4. The molecule has 0 aliphatic rings. The zero-order chi connectivity index (χ0) is 22.1. The second kappa shape index (κ2) is 8.54. The van der Waals surface area contributed by atoms with E-state index in [0.717, 1.165) is 38.6 Å². The minimum atomic E-state index is 0.371. The van der Waals surface area contributed by atoms with Crippen molar-refractivity contribution in [2.24, 2.45) is 5.10 Å². The summed E-state index contributed by atoms with van der Waals surface area (Å²) in [6, 6.07) is 23.4. The number of anilines is 1. The summed E-state index contributed by atoms with van der Waals surface area (Å²) in [6.45, 7) is 2.04. The first-order valence-corrected chi connectivity index (χ1v) is 10.7. The van der Waals surface area contributed by atoms with Gasteiger partial charge in [-0.15, -0.1) is 0 Å². The van der Waals surface area contributed by atoms with Crippen LogP contribution in [-0.4, -0.2) is 21.2 Å². The largest absolute Gasteiger partial charge is 0.245 e. The molecule has 0 amide bonds. The van der Waals surface area contributed by atoms with Crippen molar-refractivity contribution in [1.29, 1.82) is 0 Å². The Labute approximate surface area is 194 Å². The molecule has 1 N–H and O–H groups in total. The van der Waals surface area contributed by atoms with Crippen molar-refractivity contribution in [2.45, 2.75) is 6.92 Å². The summed E-state index contributed by atoms with van der Waals surface area (Å²) in [5.41, 5.74) is 8.13. The summed E-state index contributed by atoms with van der Waals surface area (Å²) in [5, 5.41) is 7.19. The van der Waals surface area contributed by atoms with Gasteiger partial charge in [0.2, 0.25) is 5.95 Å². The first-order valence-electron chi connectivity index (χ1n) is 9.95. The van der Waals surface area contributed by atoms with Gasteiger partial charge in [0.1, 0.15) is 5.15 Å². The molecule has 0 unspecified atom stereocenters. The Kier molecular flexibility index (Phi) is 5.43. The third-order valence-corrected chi connectivity index (χ3v) is 5.56. The van der Waals surface area contributed by atoms with Gasteiger partial charge in [-0.1, -0.05) is 65.2 Å². The Hall–Kier alpha value is -3.54. The van der Waals surface area contributed by atoms with Crippen molar-refractivity contribution in [1.82, 2.24) is 15.0 Å². The molecule has 0 spiro atoms. The van der Waals surface area contributed by atoms with E-state index in [1.165, 1.54) is 0 Å². The lowest BCUT2D eigenvalue weighted by molar-refractivity contribution is 1.16. The summed E-state index contributed by atoms with van der Waals surface area (Å²) in [6.07, 6.45) is 1.62. The highest BCUT2D eigenvalue weighted by Crippen LogP contribution is 2.29. The molecule has 5 aromatic rings. The average molecular weight is 458 g/mol. The molecule has 0 atom stereocenters. The summed E-state index contributed by atoms with van der Waals surface area (Å²) < 4.78 is 0. The molecule has 0 saturated heterocycles. The molecule has 156 valence electrons. The van der Waals surface area contributed by atoms with E-state index in [1.54, 1.807) is 12.3 Å². The van der Waals surface area contributed by atoms with Gasteiger partial charge >= 0.3 is 0 Å². The number of halogens is 2. The van der Waals surface area contributed by atoms with E-state index < -0.39 is 0 Å². The molecule has 0 fully saturated rings. The molecular formula is C25H17Cl2N5. The van der Waals surface area contributed by atoms with Crippen LogP contribution in [0.4, 0.5) is 5.95 Å². The van der Waals surface area contributed by atoms with Crippen molar-refractivity contribution in [3.05, 3.63) is 94.1 Å². The Balaban J connectivity index is 1.51. The van der Waals surface area contributed by atoms with Crippen LogP contribution >= 0.6 is 23.2 Å². The molecule has 32 heavy (non-hydrogen) atoms. The van der Waals surface area contributed by atoms with Crippen LogP contribution in [0.5, 0.6) is 0 Å². The number of hydrazone groups is 1. The minimum absolute atomic E-state index is 0.371. The number of rotatable bonds is 4. The van der Waals surface area contributed by atoms with Crippen molar-refractivity contribution in [3.8, 4) is 11.3 Å². The smallest absolute Gasteiger partial charge is 0.244 e. The molecule has 5 nitrogen and oxygen atoms in total. The van der Waals surface area contributed by atoms with Gasteiger partial charge in [-0.25, -0.2) is 20.4 Å². The molecule has 7 heteroatoms. The lowest BCUT2D eigenvalue weighted by Crippen LogP contribution is -2.00. The summed E-state index contributed by atoms with van der Waals surface area (Å²) in [7, 11) is 0. The second-order valence-corrected chi connectivity index (χ2v) is 8.15. The summed E-state index contributed by atoms with van der Waals surface area (Å²) in [5.74, 6) is 0.371. The topological polar surface area (TPSA) is 63.1 Å². The van der Waals surface area contributed by atoms with E-state index in [-0.39, 0.29) is 0 Å². The quantitative estimate of drug-likeness (QED) is 0.181. The summed E-state index contributed by atoms with van der Waals surface area (Å²) >= 11 is 12.6. The molecule has 0 saturated carbocycles. The first-order chi connectivity index (χ1) is 15.6. The average Bonchev–Trinajstić information content (AvgIpc) is 2.80. The fraction of sp³-hybridized carbons (Fsp3) is 0.0400. The number of benzene rings is 3. The van der Waals surface area contributed by atoms with Gasteiger partial charge in [-0.2, -0.15) is 5.10 Å². The number of nitrogens with one attached hydrogen (secondary N) is 1. The van der Waals surface area contributed by atoms with Gasteiger partial charge < -0.3 is 0 Å². The van der Waals surface area contributed by atoms with Crippen LogP contribution in [0.25, 0.3) is 33.1 Å².